The molecule has 0 spiro atoms. The van der Waals surface area contributed by atoms with Crippen LogP contribution in [-0.2, 0) is 4.79 Å². The normalized spacial score (nSPS) is 19.3. The molecule has 0 bridgehead atoms. The number of benzene rings is 1. The van der Waals surface area contributed by atoms with Crippen molar-refractivity contribution >= 4 is 11.6 Å². The highest BCUT2D eigenvalue weighted by Crippen LogP contribution is 2.32. The molecular weight excluding hydrogens is 278 g/mol. The zero-order chi connectivity index (χ0) is 16.3. The Labute approximate surface area is 132 Å². The van der Waals surface area contributed by atoms with Gasteiger partial charge in [0.2, 0.25) is 5.91 Å². The number of carbonyl (C=O) groups is 1. The zero-order valence-electron chi connectivity index (χ0n) is 13.5. The third-order valence-corrected chi connectivity index (χ3v) is 3.81. The van der Waals surface area contributed by atoms with Crippen LogP contribution >= 0.6 is 0 Å². The fourth-order valence-electron chi connectivity index (χ4n) is 2.72. The number of aliphatic hydroxyl groups excluding tert-OH is 1. The number of aliphatic hydroxyl groups is 1. The highest BCUT2D eigenvalue weighted by Gasteiger charge is 2.36. The van der Waals surface area contributed by atoms with Crippen molar-refractivity contribution in [3.05, 3.63) is 41.6 Å². The van der Waals surface area contributed by atoms with Gasteiger partial charge in [0, 0.05) is 17.8 Å². The topological polar surface area (TPSA) is 69.8 Å². The average molecular weight is 303 g/mol. The van der Waals surface area contributed by atoms with Crippen molar-refractivity contribution in [2.24, 2.45) is 17.6 Å². The molecule has 120 valence electrons. The molecule has 0 saturated carbocycles. The molecule has 1 aliphatic heterocycles. The highest BCUT2D eigenvalue weighted by molar-refractivity contribution is 5.87. The van der Waals surface area contributed by atoms with Gasteiger partial charge in [0.25, 0.3) is 0 Å². The Balaban J connectivity index is 2.52. The van der Waals surface area contributed by atoms with Crippen LogP contribution in [0.25, 0.3) is 5.70 Å². The molecule has 1 aromatic rings. The summed E-state index contributed by atoms with van der Waals surface area (Å²) in [5.41, 5.74) is 8.61. The van der Waals surface area contributed by atoms with Gasteiger partial charge in [-0.1, -0.05) is 44.2 Å². The van der Waals surface area contributed by atoms with Gasteiger partial charge in [0.15, 0.2) is 0 Å². The van der Waals surface area contributed by atoms with Crippen molar-refractivity contribution in [1.29, 1.82) is 0 Å². The van der Waals surface area contributed by atoms with Gasteiger partial charge in [0.05, 0.1) is 24.8 Å². The lowest BCUT2D eigenvalue weighted by Crippen LogP contribution is -2.54. The second-order valence-corrected chi connectivity index (χ2v) is 6.05. The van der Waals surface area contributed by atoms with Crippen LogP contribution in [0.3, 0.4) is 0 Å². The van der Waals surface area contributed by atoms with E-state index in [1.807, 2.05) is 42.3 Å². The molecular formula is C17H25N3O2. The Kier molecular flexibility index (Phi) is 5.08. The van der Waals surface area contributed by atoms with Crippen LogP contribution in [0, 0.1) is 11.8 Å². The molecule has 1 heterocycles. The summed E-state index contributed by atoms with van der Waals surface area (Å²) in [6.07, 6.45) is 0. The number of amides is 1. The fourth-order valence-corrected chi connectivity index (χ4v) is 2.72. The first-order valence-electron chi connectivity index (χ1n) is 7.72. The van der Waals surface area contributed by atoms with Gasteiger partial charge in [-0.15, -0.1) is 0 Å². The standard InChI is InChI=1S/C17H25N3O2/c1-12(2)11-20-17(22)13(3)15(18)16(19(20)9-10-21)14-7-5-4-6-8-14/h4-8,12-13,21H,9-11,18H2,1-3H3. The van der Waals surface area contributed by atoms with Crippen LogP contribution in [0.5, 0.6) is 0 Å². The molecule has 1 unspecified atom stereocenters. The number of nitrogens with zero attached hydrogens (tertiary/aromatic N) is 2. The minimum atomic E-state index is -0.358. The predicted octanol–water partition coefficient (Wildman–Crippen LogP) is 1.66. The molecule has 3 N–H and O–H groups in total. The second kappa shape index (κ2) is 6.83. The Morgan fingerprint density at radius 2 is 1.86 bits per heavy atom. The molecule has 0 saturated heterocycles. The Hall–Kier alpha value is -2.01. The van der Waals surface area contributed by atoms with Crippen molar-refractivity contribution in [2.75, 3.05) is 19.7 Å². The van der Waals surface area contributed by atoms with Gasteiger partial charge >= 0.3 is 0 Å². The SMILES string of the molecule is CC(C)CN1C(=O)C(C)C(N)=C(c2ccccc2)N1CCO. The van der Waals surface area contributed by atoms with E-state index in [0.717, 1.165) is 11.3 Å². The quantitative estimate of drug-likeness (QED) is 0.868. The number of hydrogen-bond donors (Lipinski definition) is 2. The Bertz CT molecular complexity index is 554. The molecule has 1 aliphatic rings. The van der Waals surface area contributed by atoms with E-state index in [0.29, 0.717) is 24.7 Å². The van der Waals surface area contributed by atoms with Crippen molar-refractivity contribution < 1.29 is 9.90 Å². The van der Waals surface area contributed by atoms with Crippen LogP contribution in [0.1, 0.15) is 26.3 Å². The summed E-state index contributed by atoms with van der Waals surface area (Å²) in [6.45, 7) is 6.88. The summed E-state index contributed by atoms with van der Waals surface area (Å²) in [5, 5.41) is 13.0. The minimum absolute atomic E-state index is 0.0145. The van der Waals surface area contributed by atoms with E-state index in [4.69, 9.17) is 5.73 Å². The van der Waals surface area contributed by atoms with Gasteiger partial charge in [-0.25, -0.2) is 0 Å². The molecule has 0 fully saturated rings. The molecule has 5 nitrogen and oxygen atoms in total. The van der Waals surface area contributed by atoms with Crippen molar-refractivity contribution in [1.82, 2.24) is 10.0 Å². The first-order valence-corrected chi connectivity index (χ1v) is 7.72. The minimum Gasteiger partial charge on any atom is -0.400 e. The summed E-state index contributed by atoms with van der Waals surface area (Å²) in [5.74, 6) is -0.0445. The first-order chi connectivity index (χ1) is 10.5. The lowest BCUT2D eigenvalue weighted by atomic mass is 9.97. The molecule has 0 aromatic heterocycles. The monoisotopic (exact) mass is 303 g/mol. The number of hydrogen-bond acceptors (Lipinski definition) is 4. The molecule has 22 heavy (non-hydrogen) atoms. The van der Waals surface area contributed by atoms with Gasteiger partial charge < -0.3 is 10.8 Å². The molecule has 5 heteroatoms. The number of hydrazine groups is 1. The lowest BCUT2D eigenvalue weighted by Gasteiger charge is -2.44. The molecule has 0 aliphatic carbocycles. The van der Waals surface area contributed by atoms with Crippen LogP contribution in [0.4, 0.5) is 0 Å². The first kappa shape index (κ1) is 16.4. The van der Waals surface area contributed by atoms with Gasteiger partial charge in [-0.3, -0.25) is 14.8 Å². The third kappa shape index (κ3) is 3.09. The van der Waals surface area contributed by atoms with Gasteiger partial charge in [-0.05, 0) is 12.8 Å². The highest BCUT2D eigenvalue weighted by atomic mass is 16.3. The second-order valence-electron chi connectivity index (χ2n) is 6.05. The van der Waals surface area contributed by atoms with E-state index in [1.165, 1.54) is 0 Å². The predicted molar refractivity (Wildman–Crippen MR) is 87.1 cm³/mol. The number of carbonyl (C=O) groups excluding carboxylic acids is 1. The maximum Gasteiger partial charge on any atom is 0.249 e. The van der Waals surface area contributed by atoms with Crippen molar-refractivity contribution in [2.45, 2.75) is 20.8 Å². The average Bonchev–Trinajstić information content (AvgIpc) is 2.50. The molecule has 0 radical (unpaired) electrons. The lowest BCUT2D eigenvalue weighted by molar-refractivity contribution is -0.150. The van der Waals surface area contributed by atoms with E-state index in [2.05, 4.69) is 13.8 Å². The summed E-state index contributed by atoms with van der Waals surface area (Å²) in [4.78, 5) is 12.6. The zero-order valence-corrected chi connectivity index (χ0v) is 13.5. The summed E-state index contributed by atoms with van der Waals surface area (Å²) in [6, 6.07) is 9.78. The molecule has 1 aromatic carbocycles. The Morgan fingerprint density at radius 1 is 1.23 bits per heavy atom. The van der Waals surface area contributed by atoms with E-state index < -0.39 is 0 Å². The molecule has 2 rings (SSSR count). The number of nitrogens with two attached hydrogens (primary N) is 1. The van der Waals surface area contributed by atoms with E-state index in [9.17, 15) is 9.90 Å². The Morgan fingerprint density at radius 3 is 2.41 bits per heavy atom. The summed E-state index contributed by atoms with van der Waals surface area (Å²) >= 11 is 0. The maximum absolute atomic E-state index is 12.6. The molecule has 1 atom stereocenters. The summed E-state index contributed by atoms with van der Waals surface area (Å²) in [7, 11) is 0. The van der Waals surface area contributed by atoms with Crippen LogP contribution < -0.4 is 5.73 Å². The van der Waals surface area contributed by atoms with E-state index in [-0.39, 0.29) is 18.4 Å². The smallest absolute Gasteiger partial charge is 0.249 e. The van der Waals surface area contributed by atoms with Gasteiger partial charge in [-0.2, -0.15) is 0 Å². The van der Waals surface area contributed by atoms with E-state index >= 15 is 0 Å². The van der Waals surface area contributed by atoms with E-state index in [1.54, 1.807) is 5.01 Å². The van der Waals surface area contributed by atoms with Gasteiger partial charge in [0.1, 0.15) is 0 Å². The largest absolute Gasteiger partial charge is 0.400 e. The van der Waals surface area contributed by atoms with Crippen LogP contribution in [0.2, 0.25) is 0 Å². The summed E-state index contributed by atoms with van der Waals surface area (Å²) < 4.78 is 0. The number of rotatable bonds is 5. The van der Waals surface area contributed by atoms with Crippen molar-refractivity contribution in [3.8, 4) is 0 Å². The van der Waals surface area contributed by atoms with Crippen molar-refractivity contribution in [3.63, 3.8) is 0 Å². The van der Waals surface area contributed by atoms with Crippen LogP contribution in [0.15, 0.2) is 36.0 Å². The fraction of sp³-hybridized carbons (Fsp3) is 0.471. The molecule has 1 amide bonds. The third-order valence-electron chi connectivity index (χ3n) is 3.81. The number of β-amino-alcohol motifs (C(OH)–C–C–N with tert-alkyl or cyclic N) is 1. The van der Waals surface area contributed by atoms with Crippen LogP contribution in [-0.4, -0.2) is 40.7 Å². The maximum atomic E-state index is 12.6.